The predicted octanol–water partition coefficient (Wildman–Crippen LogP) is 7.01. The molecule has 1 aliphatic heterocycles. The zero-order valence-electron chi connectivity index (χ0n) is 19.5. The Morgan fingerprint density at radius 3 is 2.69 bits per heavy atom. The van der Waals surface area contributed by atoms with Crippen molar-refractivity contribution in [1.82, 2.24) is 9.88 Å². The summed E-state index contributed by atoms with van der Waals surface area (Å²) < 4.78 is 39.5. The first-order valence-electron chi connectivity index (χ1n) is 11.6. The fourth-order valence-electron chi connectivity index (χ4n) is 4.31. The van der Waals surface area contributed by atoms with Gasteiger partial charge in [0, 0.05) is 22.5 Å². The molecule has 3 aromatic rings. The van der Waals surface area contributed by atoms with Crippen molar-refractivity contribution in [1.29, 1.82) is 0 Å². The molecule has 186 valence electrons. The number of carbonyl (C=O) groups is 1. The number of rotatable bonds is 8. The summed E-state index contributed by atoms with van der Waals surface area (Å²) in [5, 5.41) is 5.59. The molecule has 1 aliphatic rings. The number of thioether (sulfide) groups is 1. The molecule has 0 atom stereocenters. The van der Waals surface area contributed by atoms with E-state index in [1.165, 1.54) is 29.6 Å². The van der Waals surface area contributed by atoms with Gasteiger partial charge in [0.1, 0.15) is 5.69 Å². The van der Waals surface area contributed by atoms with Crippen LogP contribution in [0.1, 0.15) is 46.2 Å². The van der Waals surface area contributed by atoms with E-state index in [1.807, 2.05) is 11.8 Å². The van der Waals surface area contributed by atoms with Crippen LogP contribution in [0.2, 0.25) is 0 Å². The number of anilines is 1. The first-order chi connectivity index (χ1) is 16.8. The smallest absolute Gasteiger partial charge is 0.320 e. The number of hydrogen-bond acceptors (Lipinski definition) is 5. The maximum Gasteiger partial charge on any atom is 0.416 e. The number of para-hydroxylation sites is 1. The van der Waals surface area contributed by atoms with E-state index in [-0.39, 0.29) is 5.91 Å². The highest BCUT2D eigenvalue weighted by Crippen LogP contribution is 2.35. The number of amides is 1. The van der Waals surface area contributed by atoms with E-state index >= 15 is 0 Å². The molecule has 1 saturated heterocycles. The number of piperidine rings is 1. The molecule has 35 heavy (non-hydrogen) atoms. The topological polar surface area (TPSA) is 45.2 Å². The zero-order chi connectivity index (χ0) is 24.8. The summed E-state index contributed by atoms with van der Waals surface area (Å²) in [6.07, 6.45) is 0.968. The summed E-state index contributed by atoms with van der Waals surface area (Å²) >= 11 is 3.38. The van der Waals surface area contributed by atoms with Gasteiger partial charge in [-0.15, -0.1) is 11.3 Å². The number of aromatic nitrogens is 1. The number of benzene rings is 2. The zero-order valence-corrected chi connectivity index (χ0v) is 21.1. The number of halogens is 3. The minimum atomic E-state index is -4.43. The molecule has 0 unspecified atom stereocenters. The van der Waals surface area contributed by atoms with Gasteiger partial charge in [-0.1, -0.05) is 30.3 Å². The van der Waals surface area contributed by atoms with Gasteiger partial charge in [-0.05, 0) is 74.7 Å². The van der Waals surface area contributed by atoms with Crippen molar-refractivity contribution >= 4 is 34.7 Å². The van der Waals surface area contributed by atoms with Gasteiger partial charge in [0.25, 0.3) is 5.91 Å². The highest BCUT2D eigenvalue weighted by molar-refractivity contribution is 7.98. The standard InChI is InChI=1S/C26H28F3N3OS2/c1-34-15-5-12-32-13-10-18(11-14-32)25-31-23(17-35-25)24(33)30-22-9-3-2-8-21(22)19-6-4-7-20(16-19)26(27,28)29/h2-4,6-9,16-18H,5,10-15H2,1H3,(H,30,33). The molecule has 9 heteroatoms. The van der Waals surface area contributed by atoms with Crippen molar-refractivity contribution in [3.8, 4) is 11.1 Å². The predicted molar refractivity (Wildman–Crippen MR) is 138 cm³/mol. The van der Waals surface area contributed by atoms with Crippen LogP contribution in [0.25, 0.3) is 11.1 Å². The minimum absolute atomic E-state index is 0.339. The molecule has 0 saturated carbocycles. The Balaban J connectivity index is 1.42. The van der Waals surface area contributed by atoms with Gasteiger partial charge in [0.15, 0.2) is 0 Å². The van der Waals surface area contributed by atoms with Gasteiger partial charge in [-0.25, -0.2) is 4.98 Å². The lowest BCUT2D eigenvalue weighted by atomic mass is 9.97. The van der Waals surface area contributed by atoms with E-state index in [4.69, 9.17) is 0 Å². The molecular formula is C26H28F3N3OS2. The van der Waals surface area contributed by atoms with Crippen LogP contribution in [0, 0.1) is 0 Å². The van der Waals surface area contributed by atoms with Crippen molar-refractivity contribution < 1.29 is 18.0 Å². The molecule has 2 aromatic carbocycles. The van der Waals surface area contributed by atoms with Crippen LogP contribution in [0.3, 0.4) is 0 Å². The van der Waals surface area contributed by atoms with E-state index in [2.05, 4.69) is 21.5 Å². The van der Waals surface area contributed by atoms with E-state index in [0.717, 1.165) is 49.6 Å². The van der Waals surface area contributed by atoms with E-state index in [1.54, 1.807) is 35.7 Å². The Morgan fingerprint density at radius 1 is 1.17 bits per heavy atom. The number of thiazole rings is 1. The Labute approximate surface area is 212 Å². The van der Waals surface area contributed by atoms with Gasteiger partial charge < -0.3 is 10.2 Å². The third kappa shape index (κ3) is 6.65. The number of likely N-dealkylation sites (tertiary alicyclic amines) is 1. The average Bonchev–Trinajstić information content (AvgIpc) is 3.35. The van der Waals surface area contributed by atoms with Gasteiger partial charge in [-0.2, -0.15) is 24.9 Å². The maximum atomic E-state index is 13.2. The summed E-state index contributed by atoms with van der Waals surface area (Å²) in [5.41, 5.74) is 0.974. The number of alkyl halides is 3. The second-order valence-electron chi connectivity index (χ2n) is 8.61. The van der Waals surface area contributed by atoms with E-state index in [0.29, 0.717) is 28.4 Å². The average molecular weight is 520 g/mol. The third-order valence-corrected chi connectivity index (χ3v) is 7.89. The molecule has 1 N–H and O–H groups in total. The first kappa shape index (κ1) is 25.7. The lowest BCUT2D eigenvalue weighted by Gasteiger charge is -2.30. The third-order valence-electron chi connectivity index (χ3n) is 6.19. The van der Waals surface area contributed by atoms with Crippen LogP contribution < -0.4 is 5.32 Å². The summed E-state index contributed by atoms with van der Waals surface area (Å²) in [5.74, 6) is 1.18. The quantitative estimate of drug-likeness (QED) is 0.325. The van der Waals surface area contributed by atoms with Crippen molar-refractivity contribution in [3.63, 3.8) is 0 Å². The van der Waals surface area contributed by atoms with Crippen LogP contribution >= 0.6 is 23.1 Å². The molecule has 0 radical (unpaired) electrons. The molecule has 1 amide bonds. The minimum Gasteiger partial charge on any atom is -0.320 e. The van der Waals surface area contributed by atoms with Crippen molar-refractivity contribution in [2.45, 2.75) is 31.4 Å². The lowest BCUT2D eigenvalue weighted by molar-refractivity contribution is -0.137. The molecule has 0 aliphatic carbocycles. The number of carbonyl (C=O) groups excluding carboxylic acids is 1. The Hall–Kier alpha value is -2.36. The second kappa shape index (κ2) is 11.6. The van der Waals surface area contributed by atoms with Gasteiger partial charge in [0.2, 0.25) is 0 Å². The molecule has 2 heterocycles. The fourth-order valence-corrected chi connectivity index (χ4v) is 5.70. The van der Waals surface area contributed by atoms with E-state index < -0.39 is 11.7 Å². The number of nitrogens with zero attached hydrogens (tertiary/aromatic N) is 2. The highest BCUT2D eigenvalue weighted by Gasteiger charge is 2.30. The maximum absolute atomic E-state index is 13.2. The molecule has 1 fully saturated rings. The summed E-state index contributed by atoms with van der Waals surface area (Å²) in [6.45, 7) is 3.22. The molecule has 4 nitrogen and oxygen atoms in total. The number of nitrogens with one attached hydrogen (secondary N) is 1. The highest BCUT2D eigenvalue weighted by atomic mass is 32.2. The fraction of sp³-hybridized carbons (Fsp3) is 0.385. The molecule has 4 rings (SSSR count). The SMILES string of the molecule is CSCCCN1CCC(c2nc(C(=O)Nc3ccccc3-c3cccc(C(F)(F)F)c3)cs2)CC1. The molecular weight excluding hydrogens is 491 g/mol. The van der Waals surface area contributed by atoms with Crippen LogP contribution in [-0.2, 0) is 6.18 Å². The Kier molecular flexibility index (Phi) is 8.51. The van der Waals surface area contributed by atoms with Gasteiger partial charge in [-0.3, -0.25) is 4.79 Å². The largest absolute Gasteiger partial charge is 0.416 e. The summed E-state index contributed by atoms with van der Waals surface area (Å²) in [4.78, 5) is 20.1. The summed E-state index contributed by atoms with van der Waals surface area (Å²) in [7, 11) is 0. The Bertz CT molecular complexity index is 1140. The summed E-state index contributed by atoms with van der Waals surface area (Å²) in [6, 6.07) is 12.0. The molecule has 0 bridgehead atoms. The first-order valence-corrected chi connectivity index (χ1v) is 13.9. The lowest BCUT2D eigenvalue weighted by Crippen LogP contribution is -2.33. The van der Waals surface area contributed by atoms with Crippen LogP contribution in [-0.4, -0.2) is 47.4 Å². The number of hydrogen-bond donors (Lipinski definition) is 1. The second-order valence-corrected chi connectivity index (χ2v) is 10.5. The molecule has 0 spiro atoms. The molecule has 1 aromatic heterocycles. The Morgan fingerprint density at radius 2 is 1.94 bits per heavy atom. The van der Waals surface area contributed by atoms with Crippen LogP contribution in [0.5, 0.6) is 0 Å². The van der Waals surface area contributed by atoms with Crippen LogP contribution in [0.4, 0.5) is 18.9 Å². The van der Waals surface area contributed by atoms with Gasteiger partial charge >= 0.3 is 6.18 Å². The van der Waals surface area contributed by atoms with Crippen molar-refractivity contribution in [2.24, 2.45) is 0 Å². The van der Waals surface area contributed by atoms with Crippen molar-refractivity contribution in [2.75, 3.05) is 37.0 Å². The normalized spacial score (nSPS) is 15.3. The van der Waals surface area contributed by atoms with Gasteiger partial charge in [0.05, 0.1) is 10.6 Å². The van der Waals surface area contributed by atoms with E-state index in [9.17, 15) is 18.0 Å². The monoisotopic (exact) mass is 519 g/mol. The van der Waals surface area contributed by atoms with Crippen LogP contribution in [0.15, 0.2) is 53.9 Å². The van der Waals surface area contributed by atoms with Crippen molar-refractivity contribution in [3.05, 3.63) is 70.2 Å².